The number of hydrogen-bond donors (Lipinski definition) is 1. The van der Waals surface area contributed by atoms with E-state index in [9.17, 15) is 0 Å². The molecule has 2 nitrogen and oxygen atoms in total. The van der Waals surface area contributed by atoms with Crippen molar-refractivity contribution in [3.8, 4) is 11.1 Å². The fourth-order valence-corrected chi connectivity index (χ4v) is 10.3. The molecule has 0 radical (unpaired) electrons. The minimum absolute atomic E-state index is 0.109. The molecule has 3 aromatic carbocycles. The maximum atomic E-state index is 4.18. The van der Waals surface area contributed by atoms with E-state index in [0.717, 1.165) is 37.1 Å². The predicted octanol–water partition coefficient (Wildman–Crippen LogP) is 16.0. The van der Waals surface area contributed by atoms with Gasteiger partial charge >= 0.3 is 0 Å². The average molecular weight is 761 g/mol. The van der Waals surface area contributed by atoms with E-state index in [-0.39, 0.29) is 10.8 Å². The third-order valence-electron chi connectivity index (χ3n) is 12.5. The standard InChI is InChI=1S/C53H64N2S/c1-13-22-38-24-21-27-43(49(38)54-12)45-34-46-42-26-19-20-28-48(42)56-51(46)50(44(45)30-29-40(35(5)6)41-25-18-17-23-37(41)14-2)55(16-4)39(15-3)33-47-36(7)52(8,9)31-32-53(47,10)11/h13-14,17-19,21-27,29-30,33-34,54H,2,15-16,20,28,31-32H2,1,3-12H3/b22-13+,30-29-,39-33+. The molecule has 0 spiro atoms. The van der Waals surface area contributed by atoms with Crippen molar-refractivity contribution in [3.63, 3.8) is 0 Å². The Morgan fingerprint density at radius 3 is 2.36 bits per heavy atom. The van der Waals surface area contributed by atoms with Crippen LogP contribution in [0.2, 0.25) is 0 Å². The zero-order chi connectivity index (χ0) is 40.4. The lowest BCUT2D eigenvalue weighted by atomic mass is 9.63. The Kier molecular flexibility index (Phi) is 12.4. The zero-order valence-electron chi connectivity index (χ0n) is 36.0. The Morgan fingerprint density at radius 1 is 0.946 bits per heavy atom. The van der Waals surface area contributed by atoms with Crippen LogP contribution in [0.15, 0.2) is 102 Å². The van der Waals surface area contributed by atoms with Gasteiger partial charge < -0.3 is 10.2 Å². The highest BCUT2D eigenvalue weighted by Gasteiger charge is 2.37. The van der Waals surface area contributed by atoms with Crippen LogP contribution in [0, 0.1) is 10.8 Å². The lowest BCUT2D eigenvalue weighted by Crippen LogP contribution is -2.30. The maximum Gasteiger partial charge on any atom is 0.0669 e. The minimum atomic E-state index is 0.109. The van der Waals surface area contributed by atoms with Crippen molar-refractivity contribution in [1.29, 1.82) is 0 Å². The number of nitrogens with one attached hydrogen (secondary N) is 1. The number of aryl methyl sites for hydroxylation is 1. The van der Waals surface area contributed by atoms with Crippen molar-refractivity contribution in [1.82, 2.24) is 0 Å². The number of thiophene rings is 1. The highest BCUT2D eigenvalue weighted by atomic mass is 32.1. The van der Waals surface area contributed by atoms with Crippen molar-refractivity contribution in [2.24, 2.45) is 10.8 Å². The van der Waals surface area contributed by atoms with Gasteiger partial charge in [-0.3, -0.25) is 0 Å². The molecule has 0 saturated carbocycles. The lowest BCUT2D eigenvalue weighted by molar-refractivity contribution is 0.267. The summed E-state index contributed by atoms with van der Waals surface area (Å²) in [5.74, 6) is 0. The third kappa shape index (κ3) is 7.72. The summed E-state index contributed by atoms with van der Waals surface area (Å²) in [4.78, 5) is 4.16. The van der Waals surface area contributed by atoms with Crippen molar-refractivity contribution in [3.05, 3.63) is 135 Å². The van der Waals surface area contributed by atoms with E-state index in [2.05, 4.69) is 184 Å². The molecule has 2 aliphatic rings. The van der Waals surface area contributed by atoms with Crippen LogP contribution in [0.25, 0.3) is 51.1 Å². The summed E-state index contributed by atoms with van der Waals surface area (Å²) in [6.45, 7) is 28.4. The molecular weight excluding hydrogens is 697 g/mol. The summed E-state index contributed by atoms with van der Waals surface area (Å²) >= 11 is 2.01. The number of fused-ring (bicyclic) bond motifs is 3. The molecule has 3 heteroatoms. The first-order valence-electron chi connectivity index (χ1n) is 20.8. The number of benzene rings is 3. The normalized spacial score (nSPS) is 16.5. The summed E-state index contributed by atoms with van der Waals surface area (Å²) in [5, 5.41) is 4.99. The highest BCUT2D eigenvalue weighted by Crippen LogP contribution is 2.52. The van der Waals surface area contributed by atoms with Crippen LogP contribution < -0.4 is 10.2 Å². The molecule has 2 aliphatic carbocycles. The van der Waals surface area contributed by atoms with Gasteiger partial charge in [-0.2, -0.15) is 0 Å². The summed E-state index contributed by atoms with van der Waals surface area (Å²) < 4.78 is 1.38. The maximum absolute atomic E-state index is 4.18. The number of anilines is 2. The van der Waals surface area contributed by atoms with E-state index in [4.69, 9.17) is 0 Å². The van der Waals surface area contributed by atoms with Crippen LogP contribution >= 0.6 is 11.3 Å². The lowest BCUT2D eigenvalue weighted by Gasteiger charge is -2.42. The van der Waals surface area contributed by atoms with Crippen LogP contribution in [0.5, 0.6) is 0 Å². The van der Waals surface area contributed by atoms with Crippen LogP contribution in [0.4, 0.5) is 11.4 Å². The number of allylic oxidation sites excluding steroid dienone is 9. The molecule has 0 unspecified atom stereocenters. The monoisotopic (exact) mass is 760 g/mol. The van der Waals surface area contributed by atoms with Crippen molar-refractivity contribution < 1.29 is 0 Å². The Balaban J connectivity index is 1.76. The van der Waals surface area contributed by atoms with Crippen LogP contribution in [0.3, 0.4) is 0 Å². The van der Waals surface area contributed by atoms with Crippen molar-refractivity contribution in [2.75, 3.05) is 23.8 Å². The molecule has 0 fully saturated rings. The fourth-order valence-electron chi connectivity index (χ4n) is 8.91. The smallest absolute Gasteiger partial charge is 0.0669 e. The number of nitrogens with zero attached hydrogens (tertiary/aromatic N) is 1. The van der Waals surface area contributed by atoms with Gasteiger partial charge in [0, 0.05) is 46.4 Å². The van der Waals surface area contributed by atoms with E-state index in [1.807, 2.05) is 17.4 Å². The Hall–Kier alpha value is -4.60. The predicted molar refractivity (Wildman–Crippen MR) is 254 cm³/mol. The van der Waals surface area contributed by atoms with Crippen LogP contribution in [-0.4, -0.2) is 13.6 Å². The first-order valence-corrected chi connectivity index (χ1v) is 21.6. The molecule has 1 heterocycles. The van der Waals surface area contributed by atoms with Crippen molar-refractivity contribution >= 4 is 62.7 Å². The first kappa shape index (κ1) is 41.0. The van der Waals surface area contributed by atoms with Crippen molar-refractivity contribution in [2.45, 2.75) is 101 Å². The molecule has 0 atom stereocenters. The van der Waals surface area contributed by atoms with E-state index in [0.29, 0.717) is 0 Å². The molecule has 0 saturated heterocycles. The van der Waals surface area contributed by atoms with Crippen LogP contribution in [0.1, 0.15) is 128 Å². The average Bonchev–Trinajstić information content (AvgIpc) is 3.56. The van der Waals surface area contributed by atoms with Gasteiger partial charge in [-0.1, -0.05) is 137 Å². The molecule has 6 rings (SSSR count). The van der Waals surface area contributed by atoms with E-state index >= 15 is 0 Å². The Labute approximate surface area is 342 Å². The molecular formula is C53H64N2S. The Bertz CT molecular complexity index is 2320. The summed E-state index contributed by atoms with van der Waals surface area (Å²) in [7, 11) is 2.06. The van der Waals surface area contributed by atoms with E-state index in [1.54, 1.807) is 0 Å². The van der Waals surface area contributed by atoms with Gasteiger partial charge in [0.2, 0.25) is 0 Å². The molecule has 0 aliphatic heterocycles. The van der Waals surface area contributed by atoms with Gasteiger partial charge in [0.05, 0.1) is 10.4 Å². The van der Waals surface area contributed by atoms with Gasteiger partial charge in [0.15, 0.2) is 0 Å². The second kappa shape index (κ2) is 16.9. The fraction of sp³-hybridized carbons (Fsp3) is 0.358. The second-order valence-electron chi connectivity index (χ2n) is 17.0. The summed E-state index contributed by atoms with van der Waals surface area (Å²) in [5.41, 5.74) is 18.3. The van der Waals surface area contributed by atoms with Gasteiger partial charge in [-0.05, 0) is 129 Å². The van der Waals surface area contributed by atoms with Gasteiger partial charge in [-0.15, -0.1) is 11.3 Å². The number of rotatable bonds is 12. The molecule has 56 heavy (non-hydrogen) atoms. The highest BCUT2D eigenvalue weighted by molar-refractivity contribution is 7.20. The van der Waals surface area contributed by atoms with E-state index in [1.165, 1.54) is 94.9 Å². The minimum Gasteiger partial charge on any atom is -0.387 e. The molecule has 292 valence electrons. The largest absolute Gasteiger partial charge is 0.387 e. The quantitative estimate of drug-likeness (QED) is 0.145. The van der Waals surface area contributed by atoms with Gasteiger partial charge in [0.25, 0.3) is 0 Å². The number of para-hydroxylation sites is 1. The molecule has 0 bridgehead atoms. The molecule has 1 aromatic heterocycles. The Morgan fingerprint density at radius 2 is 1.68 bits per heavy atom. The molecule has 0 amide bonds. The van der Waals surface area contributed by atoms with Crippen LogP contribution in [-0.2, 0) is 6.42 Å². The third-order valence-corrected chi connectivity index (χ3v) is 13.8. The topological polar surface area (TPSA) is 15.3 Å². The van der Waals surface area contributed by atoms with E-state index < -0.39 is 0 Å². The summed E-state index contributed by atoms with van der Waals surface area (Å²) in [6.07, 6.45) is 24.0. The van der Waals surface area contributed by atoms with Gasteiger partial charge in [-0.25, -0.2) is 0 Å². The van der Waals surface area contributed by atoms with Gasteiger partial charge in [0.1, 0.15) is 0 Å². The zero-order valence-corrected chi connectivity index (χ0v) is 36.9. The SMILES string of the molecule is C=Cc1ccccc1C(/C=C\c1c(-c2cccc(/C=C/C)c2NC)cc2c3c(sc2c1N(CC)/C(=C/C1=C(C)C(C)(C)CCC1(C)C)CC)CCC=C3)=C(C)C. The second-order valence-corrected chi connectivity index (χ2v) is 18.1. The molecule has 1 N–H and O–H groups in total. The first-order chi connectivity index (χ1) is 26.8. The number of hydrogen-bond acceptors (Lipinski definition) is 3. The summed E-state index contributed by atoms with van der Waals surface area (Å²) in [6, 6.07) is 17.9. The molecule has 4 aromatic rings.